The number of carbonyl (C=O) groups is 3. The van der Waals surface area contributed by atoms with Gasteiger partial charge < -0.3 is 15.3 Å². The number of likely N-dealkylation sites (tertiary alicyclic amines) is 1. The summed E-state index contributed by atoms with van der Waals surface area (Å²) in [6.07, 6.45) is 0.843. The van der Waals surface area contributed by atoms with Gasteiger partial charge in [-0.2, -0.15) is 0 Å². The second-order valence-electron chi connectivity index (χ2n) is 4.99. The van der Waals surface area contributed by atoms with Crippen molar-refractivity contribution in [2.24, 2.45) is 5.92 Å². The van der Waals surface area contributed by atoms with Crippen molar-refractivity contribution in [2.45, 2.75) is 18.9 Å². The maximum absolute atomic E-state index is 11.9. The lowest BCUT2D eigenvalue weighted by Crippen LogP contribution is -2.45. The zero-order valence-corrected chi connectivity index (χ0v) is 12.1. The van der Waals surface area contributed by atoms with E-state index in [1.807, 2.05) is 0 Å². The summed E-state index contributed by atoms with van der Waals surface area (Å²) in [7, 11) is -1.74. The van der Waals surface area contributed by atoms with Gasteiger partial charge in [0.2, 0.25) is 11.8 Å². The van der Waals surface area contributed by atoms with E-state index in [2.05, 4.69) is 5.32 Å². The summed E-state index contributed by atoms with van der Waals surface area (Å²) in [5.41, 5.74) is 0. The van der Waals surface area contributed by atoms with Crippen LogP contribution in [-0.4, -0.2) is 67.9 Å². The van der Waals surface area contributed by atoms with Gasteiger partial charge in [-0.1, -0.05) is 0 Å². The van der Waals surface area contributed by atoms with Gasteiger partial charge in [0.15, 0.2) is 0 Å². The van der Waals surface area contributed by atoms with Crippen LogP contribution in [0.2, 0.25) is 0 Å². The van der Waals surface area contributed by atoms with Crippen molar-refractivity contribution in [3.63, 3.8) is 0 Å². The zero-order chi connectivity index (χ0) is 15.5. The van der Waals surface area contributed by atoms with E-state index < -0.39 is 33.7 Å². The molecule has 1 saturated heterocycles. The summed E-state index contributed by atoms with van der Waals surface area (Å²) in [6.45, 7) is 0.239. The molecule has 114 valence electrons. The molecule has 2 atom stereocenters. The maximum Gasteiger partial charge on any atom is 0.326 e. The van der Waals surface area contributed by atoms with Gasteiger partial charge >= 0.3 is 5.97 Å². The van der Waals surface area contributed by atoms with Gasteiger partial charge in [-0.25, -0.2) is 13.2 Å². The molecule has 0 bridgehead atoms. The van der Waals surface area contributed by atoms with E-state index in [9.17, 15) is 22.8 Å². The van der Waals surface area contributed by atoms with E-state index in [1.54, 1.807) is 7.05 Å². The number of hydrogen-bond acceptors (Lipinski definition) is 5. The first-order valence-electron chi connectivity index (χ1n) is 6.05. The van der Waals surface area contributed by atoms with Gasteiger partial charge in [0.1, 0.15) is 15.9 Å². The fourth-order valence-corrected chi connectivity index (χ4v) is 2.58. The highest BCUT2D eigenvalue weighted by atomic mass is 32.2. The van der Waals surface area contributed by atoms with Gasteiger partial charge in [0, 0.05) is 26.3 Å². The van der Waals surface area contributed by atoms with Gasteiger partial charge in [-0.05, 0) is 6.42 Å². The van der Waals surface area contributed by atoms with Crippen molar-refractivity contribution in [1.82, 2.24) is 10.2 Å². The summed E-state index contributed by atoms with van der Waals surface area (Å²) in [5, 5.41) is 11.3. The monoisotopic (exact) mass is 306 g/mol. The zero-order valence-electron chi connectivity index (χ0n) is 11.3. The SMILES string of the molecule is CN1CC(C(=O)NC(CCS(C)(=O)=O)C(=O)O)CC1=O. The molecule has 0 radical (unpaired) electrons. The second-order valence-corrected chi connectivity index (χ2v) is 7.25. The number of nitrogens with one attached hydrogen (secondary N) is 1. The highest BCUT2D eigenvalue weighted by molar-refractivity contribution is 7.90. The highest BCUT2D eigenvalue weighted by Crippen LogP contribution is 2.16. The predicted octanol–water partition coefficient (Wildman–Crippen LogP) is -1.53. The third kappa shape index (κ3) is 4.80. The lowest BCUT2D eigenvalue weighted by Gasteiger charge is -2.16. The maximum atomic E-state index is 11.9. The Hall–Kier alpha value is -1.64. The highest BCUT2D eigenvalue weighted by Gasteiger charge is 2.34. The molecule has 0 aromatic rings. The number of sulfone groups is 1. The number of amides is 2. The Morgan fingerprint density at radius 2 is 2.10 bits per heavy atom. The smallest absolute Gasteiger partial charge is 0.326 e. The van der Waals surface area contributed by atoms with E-state index in [0.717, 1.165) is 6.26 Å². The Kier molecular flexibility index (Phi) is 5.09. The van der Waals surface area contributed by atoms with Gasteiger partial charge in [0.05, 0.1) is 11.7 Å². The van der Waals surface area contributed by atoms with Crippen LogP contribution in [0.1, 0.15) is 12.8 Å². The number of carboxylic acids is 1. The first-order valence-corrected chi connectivity index (χ1v) is 8.11. The van der Waals surface area contributed by atoms with Crippen LogP contribution in [0, 0.1) is 5.92 Å². The molecule has 1 rings (SSSR count). The molecule has 1 aliphatic rings. The minimum atomic E-state index is -3.30. The van der Waals surface area contributed by atoms with E-state index >= 15 is 0 Å². The molecule has 1 heterocycles. The molecular formula is C11H18N2O6S. The van der Waals surface area contributed by atoms with Crippen LogP contribution in [0.25, 0.3) is 0 Å². The summed E-state index contributed by atoms with van der Waals surface area (Å²) in [6, 6.07) is -1.27. The van der Waals surface area contributed by atoms with Crippen LogP contribution in [0.3, 0.4) is 0 Å². The molecular weight excluding hydrogens is 288 g/mol. The molecule has 0 saturated carbocycles. The normalized spacial score (nSPS) is 20.8. The van der Waals surface area contributed by atoms with E-state index in [0.29, 0.717) is 0 Å². The number of carboxylic acid groups (broad SMARTS) is 1. The van der Waals surface area contributed by atoms with Crippen molar-refractivity contribution < 1.29 is 27.9 Å². The van der Waals surface area contributed by atoms with Crippen LogP contribution in [0.4, 0.5) is 0 Å². The van der Waals surface area contributed by atoms with Crippen LogP contribution in [0.5, 0.6) is 0 Å². The third-order valence-corrected chi connectivity index (χ3v) is 4.08. The second kappa shape index (κ2) is 6.21. The van der Waals surface area contributed by atoms with Crippen LogP contribution < -0.4 is 5.32 Å². The Bertz CT molecular complexity index is 515. The Morgan fingerprint density at radius 3 is 2.50 bits per heavy atom. The van der Waals surface area contributed by atoms with Crippen molar-refractivity contribution in [1.29, 1.82) is 0 Å². The largest absolute Gasteiger partial charge is 0.480 e. The number of nitrogens with zero attached hydrogens (tertiary/aromatic N) is 1. The van der Waals surface area contributed by atoms with Gasteiger partial charge in [-0.3, -0.25) is 9.59 Å². The van der Waals surface area contributed by atoms with E-state index in [4.69, 9.17) is 5.11 Å². The molecule has 2 unspecified atom stereocenters. The molecule has 1 fully saturated rings. The average Bonchev–Trinajstić information content (AvgIpc) is 2.63. The quantitative estimate of drug-likeness (QED) is 0.614. The summed E-state index contributed by atoms with van der Waals surface area (Å²) in [5.74, 6) is -2.92. The van der Waals surface area contributed by atoms with Crippen molar-refractivity contribution >= 4 is 27.6 Å². The standard InChI is InChI=1S/C11H18N2O6S/c1-13-6-7(5-9(13)14)10(15)12-8(11(16)17)3-4-20(2,18)19/h7-8H,3-6H2,1-2H3,(H,12,15)(H,16,17). The molecule has 0 aliphatic carbocycles. The van der Waals surface area contributed by atoms with Crippen molar-refractivity contribution in [2.75, 3.05) is 25.6 Å². The fourth-order valence-electron chi connectivity index (χ4n) is 1.92. The molecule has 2 N–H and O–H groups in total. The van der Waals surface area contributed by atoms with Gasteiger partial charge in [0.25, 0.3) is 0 Å². The Balaban J connectivity index is 2.60. The predicted molar refractivity (Wildman–Crippen MR) is 69.6 cm³/mol. The summed E-state index contributed by atoms with van der Waals surface area (Å²) < 4.78 is 22.1. The summed E-state index contributed by atoms with van der Waals surface area (Å²) in [4.78, 5) is 35.6. The van der Waals surface area contributed by atoms with Gasteiger partial charge in [-0.15, -0.1) is 0 Å². The van der Waals surface area contributed by atoms with E-state index in [1.165, 1.54) is 4.90 Å². The first-order chi connectivity index (χ1) is 9.10. The first kappa shape index (κ1) is 16.4. The number of aliphatic carboxylic acids is 1. The average molecular weight is 306 g/mol. The minimum Gasteiger partial charge on any atom is -0.480 e. The van der Waals surface area contributed by atoms with Crippen LogP contribution in [0.15, 0.2) is 0 Å². The lowest BCUT2D eigenvalue weighted by molar-refractivity contribution is -0.142. The Labute approximate surface area is 117 Å². The van der Waals surface area contributed by atoms with Crippen molar-refractivity contribution in [3.05, 3.63) is 0 Å². The Morgan fingerprint density at radius 1 is 1.50 bits per heavy atom. The molecule has 0 spiro atoms. The number of carbonyl (C=O) groups excluding carboxylic acids is 2. The minimum absolute atomic E-state index is 0.0424. The van der Waals surface area contributed by atoms with Crippen molar-refractivity contribution in [3.8, 4) is 0 Å². The molecule has 9 heteroatoms. The summed E-state index contributed by atoms with van der Waals surface area (Å²) >= 11 is 0. The number of hydrogen-bond donors (Lipinski definition) is 2. The number of rotatable bonds is 6. The van der Waals surface area contributed by atoms with E-state index in [-0.39, 0.29) is 31.0 Å². The molecule has 20 heavy (non-hydrogen) atoms. The molecule has 1 aliphatic heterocycles. The topological polar surface area (TPSA) is 121 Å². The third-order valence-electron chi connectivity index (χ3n) is 3.10. The van der Waals surface area contributed by atoms with Crippen LogP contribution in [-0.2, 0) is 24.2 Å². The van der Waals surface area contributed by atoms with Crippen LogP contribution >= 0.6 is 0 Å². The molecule has 0 aromatic heterocycles. The lowest BCUT2D eigenvalue weighted by atomic mass is 10.1. The molecule has 2 amide bonds. The fraction of sp³-hybridized carbons (Fsp3) is 0.727. The molecule has 0 aromatic carbocycles. The molecule has 8 nitrogen and oxygen atoms in total.